The van der Waals surface area contributed by atoms with Crippen molar-refractivity contribution in [2.24, 2.45) is 17.8 Å². The van der Waals surface area contributed by atoms with Crippen molar-refractivity contribution in [1.29, 1.82) is 0 Å². The van der Waals surface area contributed by atoms with Crippen LogP contribution in [0.5, 0.6) is 0 Å². The SMILES string of the molecule is CC(c1cccnc1)N1C[C@@H]2C(CCNC(=O)/C=C/c3cccnc3)[C@@H]2C1. The van der Waals surface area contributed by atoms with Gasteiger partial charge in [0.25, 0.3) is 0 Å². The third-order valence-corrected chi connectivity index (χ3v) is 6.00. The number of nitrogens with one attached hydrogen (secondary N) is 1. The molecule has 1 amide bonds. The van der Waals surface area contributed by atoms with Gasteiger partial charge in [0.15, 0.2) is 0 Å². The van der Waals surface area contributed by atoms with Gasteiger partial charge >= 0.3 is 0 Å². The van der Waals surface area contributed by atoms with Crippen molar-refractivity contribution in [2.45, 2.75) is 19.4 Å². The predicted octanol–water partition coefficient (Wildman–Crippen LogP) is 2.94. The van der Waals surface area contributed by atoms with Gasteiger partial charge < -0.3 is 5.32 Å². The van der Waals surface area contributed by atoms with Crippen LogP contribution >= 0.6 is 0 Å². The van der Waals surface area contributed by atoms with E-state index in [1.165, 1.54) is 18.7 Å². The Hall–Kier alpha value is -2.53. The van der Waals surface area contributed by atoms with Crippen LogP contribution in [0.25, 0.3) is 6.08 Å². The quantitative estimate of drug-likeness (QED) is 0.770. The van der Waals surface area contributed by atoms with Gasteiger partial charge in [-0.15, -0.1) is 0 Å². The van der Waals surface area contributed by atoms with Crippen molar-refractivity contribution >= 4 is 12.0 Å². The summed E-state index contributed by atoms with van der Waals surface area (Å²) >= 11 is 0. The molecule has 3 heterocycles. The predicted molar refractivity (Wildman–Crippen MR) is 106 cm³/mol. The van der Waals surface area contributed by atoms with Gasteiger partial charge in [0.05, 0.1) is 0 Å². The lowest BCUT2D eigenvalue weighted by atomic mass is 10.1. The van der Waals surface area contributed by atoms with E-state index in [2.05, 4.69) is 33.2 Å². The third kappa shape index (κ3) is 4.25. The first-order chi connectivity index (χ1) is 13.2. The molecule has 2 unspecified atom stereocenters. The highest BCUT2D eigenvalue weighted by atomic mass is 16.1. The Bertz CT molecular complexity index is 780. The minimum absolute atomic E-state index is 0.0310. The average Bonchev–Trinajstić information content (AvgIpc) is 3.16. The number of hydrogen-bond acceptors (Lipinski definition) is 4. The smallest absolute Gasteiger partial charge is 0.244 e. The number of carbonyl (C=O) groups is 1. The number of aromatic nitrogens is 2. The highest BCUT2D eigenvalue weighted by Crippen LogP contribution is 2.54. The lowest BCUT2D eigenvalue weighted by Gasteiger charge is -2.27. The number of piperidine rings is 1. The first-order valence-corrected chi connectivity index (χ1v) is 9.72. The Labute approximate surface area is 160 Å². The Balaban J connectivity index is 1.16. The van der Waals surface area contributed by atoms with E-state index in [1.807, 2.05) is 30.6 Å². The van der Waals surface area contributed by atoms with Crippen LogP contribution in [0.4, 0.5) is 0 Å². The molecule has 4 atom stereocenters. The second-order valence-electron chi connectivity index (χ2n) is 7.61. The fraction of sp³-hybridized carbons (Fsp3) is 0.409. The number of rotatable bonds is 7. The molecule has 4 rings (SSSR count). The number of carbonyl (C=O) groups excluding carboxylic acids is 1. The van der Waals surface area contributed by atoms with E-state index in [0.29, 0.717) is 6.04 Å². The number of nitrogens with zero attached hydrogens (tertiary/aromatic N) is 3. The zero-order valence-corrected chi connectivity index (χ0v) is 15.7. The summed E-state index contributed by atoms with van der Waals surface area (Å²) in [5.74, 6) is 2.33. The minimum Gasteiger partial charge on any atom is -0.353 e. The van der Waals surface area contributed by atoms with Crippen LogP contribution in [0.15, 0.2) is 55.1 Å². The maximum atomic E-state index is 11.9. The molecule has 2 aliphatic rings. The molecular formula is C22H26N4O. The van der Waals surface area contributed by atoms with E-state index in [4.69, 9.17) is 0 Å². The molecule has 5 nitrogen and oxygen atoms in total. The van der Waals surface area contributed by atoms with Crippen molar-refractivity contribution in [3.63, 3.8) is 0 Å². The molecule has 0 bridgehead atoms. The zero-order valence-electron chi connectivity index (χ0n) is 15.7. The molecule has 1 aliphatic carbocycles. The molecule has 0 radical (unpaired) electrons. The summed E-state index contributed by atoms with van der Waals surface area (Å²) in [6, 6.07) is 8.40. The number of fused-ring (bicyclic) bond motifs is 1. The monoisotopic (exact) mass is 362 g/mol. The van der Waals surface area contributed by atoms with Gasteiger partial charge in [-0.2, -0.15) is 0 Å². The highest BCUT2D eigenvalue weighted by molar-refractivity contribution is 5.91. The van der Waals surface area contributed by atoms with E-state index in [0.717, 1.165) is 36.3 Å². The molecule has 140 valence electrons. The topological polar surface area (TPSA) is 58.1 Å². The fourth-order valence-electron chi connectivity index (χ4n) is 4.33. The first kappa shape index (κ1) is 17.9. The Morgan fingerprint density at radius 1 is 1.22 bits per heavy atom. The van der Waals surface area contributed by atoms with E-state index in [-0.39, 0.29) is 5.91 Å². The van der Waals surface area contributed by atoms with Crippen molar-refractivity contribution in [3.8, 4) is 0 Å². The average molecular weight is 362 g/mol. The Morgan fingerprint density at radius 3 is 2.63 bits per heavy atom. The summed E-state index contributed by atoms with van der Waals surface area (Å²) in [6.45, 7) is 5.36. The lowest BCUT2D eigenvalue weighted by molar-refractivity contribution is -0.116. The molecule has 2 aromatic heterocycles. The number of pyridine rings is 2. The Kier molecular flexibility index (Phi) is 5.30. The normalized spacial score (nSPS) is 25.3. The van der Waals surface area contributed by atoms with Crippen LogP contribution in [0, 0.1) is 17.8 Å². The van der Waals surface area contributed by atoms with Crippen LogP contribution in [0.3, 0.4) is 0 Å². The van der Waals surface area contributed by atoms with Gasteiger partial charge in [-0.1, -0.05) is 12.1 Å². The maximum absolute atomic E-state index is 11.9. The number of amides is 1. The summed E-state index contributed by atoms with van der Waals surface area (Å²) in [7, 11) is 0. The number of likely N-dealkylation sites (tertiary alicyclic amines) is 1. The standard InChI is InChI=1S/C22H26N4O/c1-16(18-5-3-10-24-13-18)26-14-20-19(21(20)15-26)8-11-25-22(27)7-6-17-4-2-9-23-12-17/h2-7,9-10,12-13,16,19-21H,8,11,14-15H2,1H3,(H,25,27)/b7-6+/t16?,19?,20-,21+. The van der Waals surface area contributed by atoms with Gasteiger partial charge in [0.2, 0.25) is 5.91 Å². The van der Waals surface area contributed by atoms with E-state index < -0.39 is 0 Å². The minimum atomic E-state index is -0.0310. The molecule has 1 saturated carbocycles. The van der Waals surface area contributed by atoms with Crippen LogP contribution in [0.2, 0.25) is 0 Å². The molecule has 0 aromatic carbocycles. The highest BCUT2D eigenvalue weighted by Gasteiger charge is 2.55. The van der Waals surface area contributed by atoms with Gasteiger partial charge in [-0.3, -0.25) is 19.7 Å². The van der Waals surface area contributed by atoms with Crippen LogP contribution in [0.1, 0.15) is 30.5 Å². The molecule has 2 aromatic rings. The summed E-state index contributed by atoms with van der Waals surface area (Å²) in [6.07, 6.45) is 11.7. The lowest BCUT2D eigenvalue weighted by Crippen LogP contribution is -2.29. The summed E-state index contributed by atoms with van der Waals surface area (Å²) in [5, 5.41) is 3.01. The van der Waals surface area contributed by atoms with Crippen LogP contribution in [-0.2, 0) is 4.79 Å². The number of hydrogen-bond donors (Lipinski definition) is 1. The molecule has 1 aliphatic heterocycles. The van der Waals surface area contributed by atoms with Crippen molar-refractivity contribution in [1.82, 2.24) is 20.2 Å². The summed E-state index contributed by atoms with van der Waals surface area (Å²) in [5.41, 5.74) is 2.23. The molecule has 2 fully saturated rings. The molecule has 0 spiro atoms. The van der Waals surface area contributed by atoms with E-state index in [1.54, 1.807) is 24.5 Å². The van der Waals surface area contributed by atoms with E-state index in [9.17, 15) is 4.79 Å². The zero-order chi connectivity index (χ0) is 18.6. The van der Waals surface area contributed by atoms with E-state index >= 15 is 0 Å². The fourth-order valence-corrected chi connectivity index (χ4v) is 4.33. The molecular weight excluding hydrogens is 336 g/mol. The van der Waals surface area contributed by atoms with Crippen LogP contribution in [-0.4, -0.2) is 40.4 Å². The van der Waals surface area contributed by atoms with Gasteiger partial charge in [-0.25, -0.2) is 0 Å². The first-order valence-electron chi connectivity index (χ1n) is 9.72. The molecule has 1 N–H and O–H groups in total. The van der Waals surface area contributed by atoms with Crippen molar-refractivity contribution < 1.29 is 4.79 Å². The van der Waals surface area contributed by atoms with Gasteiger partial charge in [0.1, 0.15) is 0 Å². The van der Waals surface area contributed by atoms with Crippen LogP contribution < -0.4 is 5.32 Å². The van der Waals surface area contributed by atoms with Gasteiger partial charge in [0, 0.05) is 56.5 Å². The Morgan fingerprint density at radius 2 is 1.96 bits per heavy atom. The van der Waals surface area contributed by atoms with Crippen molar-refractivity contribution in [2.75, 3.05) is 19.6 Å². The third-order valence-electron chi connectivity index (χ3n) is 6.00. The van der Waals surface area contributed by atoms with Gasteiger partial charge in [-0.05, 0) is 60.4 Å². The summed E-state index contributed by atoms with van der Waals surface area (Å²) < 4.78 is 0. The molecule has 5 heteroatoms. The second kappa shape index (κ2) is 8.01. The second-order valence-corrected chi connectivity index (χ2v) is 7.61. The summed E-state index contributed by atoms with van der Waals surface area (Å²) in [4.78, 5) is 22.8. The molecule has 27 heavy (non-hydrogen) atoms. The molecule has 1 saturated heterocycles. The maximum Gasteiger partial charge on any atom is 0.244 e. The van der Waals surface area contributed by atoms with Crippen molar-refractivity contribution in [3.05, 3.63) is 66.3 Å². The largest absolute Gasteiger partial charge is 0.353 e.